The summed E-state index contributed by atoms with van der Waals surface area (Å²) < 4.78 is 10.2. The minimum absolute atomic E-state index is 0.0134. The fourth-order valence-corrected chi connectivity index (χ4v) is 2.55. The molecule has 2 fully saturated rings. The predicted molar refractivity (Wildman–Crippen MR) is 65.0 cm³/mol. The third-order valence-corrected chi connectivity index (χ3v) is 3.50. The van der Waals surface area contributed by atoms with Crippen molar-refractivity contribution in [3.8, 4) is 0 Å². The van der Waals surface area contributed by atoms with Crippen LogP contribution in [-0.4, -0.2) is 41.8 Å². The van der Waals surface area contributed by atoms with Crippen LogP contribution in [0.5, 0.6) is 0 Å². The Bertz CT molecular complexity index is 400. The monoisotopic (exact) mass is 253 g/mol. The summed E-state index contributed by atoms with van der Waals surface area (Å²) in [4.78, 5) is 24.8. The van der Waals surface area contributed by atoms with Gasteiger partial charge >= 0.3 is 12.1 Å². The SMILES string of the molecule is CCOC(=O)C=C1CCN2C(=O)OC(C)(C)[C@H]2C1. The van der Waals surface area contributed by atoms with Crippen molar-refractivity contribution in [2.24, 2.45) is 0 Å². The lowest BCUT2D eigenvalue weighted by atomic mass is 9.87. The van der Waals surface area contributed by atoms with E-state index in [0.29, 0.717) is 26.0 Å². The zero-order chi connectivity index (χ0) is 13.3. The second-order valence-electron chi connectivity index (χ2n) is 5.19. The number of piperidine rings is 1. The molecule has 2 aliphatic rings. The zero-order valence-electron chi connectivity index (χ0n) is 11.1. The molecule has 100 valence electrons. The number of amides is 1. The molecule has 2 rings (SSSR count). The molecule has 0 unspecified atom stereocenters. The quantitative estimate of drug-likeness (QED) is 0.557. The van der Waals surface area contributed by atoms with Gasteiger partial charge in [0, 0.05) is 12.6 Å². The van der Waals surface area contributed by atoms with E-state index in [1.165, 1.54) is 0 Å². The standard InChI is InChI=1S/C13H19NO4/c1-4-17-11(15)8-9-5-6-14-10(7-9)13(2,3)18-12(14)16/h8,10H,4-7H2,1-3H3/t10-/m1/s1. The smallest absolute Gasteiger partial charge is 0.410 e. The van der Waals surface area contributed by atoms with E-state index in [1.54, 1.807) is 17.9 Å². The maximum atomic E-state index is 11.6. The van der Waals surface area contributed by atoms with Gasteiger partial charge in [0.25, 0.3) is 0 Å². The first-order chi connectivity index (χ1) is 8.44. The maximum Gasteiger partial charge on any atom is 0.410 e. The second kappa shape index (κ2) is 4.63. The van der Waals surface area contributed by atoms with E-state index in [4.69, 9.17) is 9.47 Å². The summed E-state index contributed by atoms with van der Waals surface area (Å²) in [5.74, 6) is -0.302. The van der Waals surface area contributed by atoms with Crippen molar-refractivity contribution in [2.75, 3.05) is 13.2 Å². The molecule has 0 N–H and O–H groups in total. The minimum atomic E-state index is -0.495. The highest BCUT2D eigenvalue weighted by Crippen LogP contribution is 2.37. The summed E-state index contributed by atoms with van der Waals surface area (Å²) in [6.45, 7) is 6.58. The number of nitrogens with zero attached hydrogens (tertiary/aromatic N) is 1. The Labute approximate surface area is 107 Å². The average Bonchev–Trinajstić information content (AvgIpc) is 2.50. The van der Waals surface area contributed by atoms with Crippen molar-refractivity contribution < 1.29 is 19.1 Å². The van der Waals surface area contributed by atoms with Gasteiger partial charge in [-0.25, -0.2) is 9.59 Å². The van der Waals surface area contributed by atoms with Crippen LogP contribution in [0.15, 0.2) is 11.6 Å². The molecule has 2 saturated heterocycles. The first-order valence-corrected chi connectivity index (χ1v) is 6.30. The number of hydrogen-bond acceptors (Lipinski definition) is 4. The number of rotatable bonds is 2. The Morgan fingerprint density at radius 1 is 1.61 bits per heavy atom. The van der Waals surface area contributed by atoms with Crippen LogP contribution >= 0.6 is 0 Å². The van der Waals surface area contributed by atoms with Gasteiger partial charge in [0.05, 0.1) is 12.6 Å². The van der Waals surface area contributed by atoms with Gasteiger partial charge in [-0.1, -0.05) is 5.57 Å². The number of hydrogen-bond donors (Lipinski definition) is 0. The Morgan fingerprint density at radius 3 is 3.00 bits per heavy atom. The fourth-order valence-electron chi connectivity index (χ4n) is 2.55. The summed E-state index contributed by atoms with van der Waals surface area (Å²) in [6.07, 6.45) is 2.69. The minimum Gasteiger partial charge on any atom is -0.463 e. The first kappa shape index (κ1) is 12.9. The second-order valence-corrected chi connectivity index (χ2v) is 5.19. The van der Waals surface area contributed by atoms with Gasteiger partial charge in [0.2, 0.25) is 0 Å². The van der Waals surface area contributed by atoms with Crippen LogP contribution < -0.4 is 0 Å². The van der Waals surface area contributed by atoms with Gasteiger partial charge in [-0.05, 0) is 33.6 Å². The Morgan fingerprint density at radius 2 is 2.33 bits per heavy atom. The molecule has 18 heavy (non-hydrogen) atoms. The van der Waals surface area contributed by atoms with Crippen LogP contribution in [0.3, 0.4) is 0 Å². The van der Waals surface area contributed by atoms with Crippen LogP contribution in [0.1, 0.15) is 33.6 Å². The van der Waals surface area contributed by atoms with Crippen LogP contribution in [0, 0.1) is 0 Å². The molecule has 0 aromatic rings. The molecule has 0 aliphatic carbocycles. The van der Waals surface area contributed by atoms with Crippen molar-refractivity contribution in [2.45, 2.75) is 45.3 Å². The number of esters is 1. The molecule has 1 atom stereocenters. The lowest BCUT2D eigenvalue weighted by Crippen LogP contribution is -2.45. The van der Waals surface area contributed by atoms with Crippen molar-refractivity contribution in [3.63, 3.8) is 0 Å². The van der Waals surface area contributed by atoms with E-state index in [2.05, 4.69) is 0 Å². The molecule has 0 bridgehead atoms. The summed E-state index contributed by atoms with van der Waals surface area (Å²) in [5.41, 5.74) is 0.534. The molecule has 1 amide bonds. The van der Waals surface area contributed by atoms with Crippen LogP contribution in [-0.2, 0) is 14.3 Å². The Kier molecular flexibility index (Phi) is 3.32. The number of fused-ring (bicyclic) bond motifs is 1. The normalized spacial score (nSPS) is 27.9. The maximum absolute atomic E-state index is 11.6. The topological polar surface area (TPSA) is 55.8 Å². The van der Waals surface area contributed by atoms with Crippen molar-refractivity contribution in [1.29, 1.82) is 0 Å². The van der Waals surface area contributed by atoms with Crippen LogP contribution in [0.2, 0.25) is 0 Å². The van der Waals surface area contributed by atoms with Crippen LogP contribution in [0.25, 0.3) is 0 Å². The highest BCUT2D eigenvalue weighted by molar-refractivity contribution is 5.83. The van der Waals surface area contributed by atoms with Crippen molar-refractivity contribution >= 4 is 12.1 Å². The molecular formula is C13H19NO4. The summed E-state index contributed by atoms with van der Waals surface area (Å²) in [5, 5.41) is 0. The van der Waals surface area contributed by atoms with Gasteiger partial charge in [-0.15, -0.1) is 0 Å². The van der Waals surface area contributed by atoms with Gasteiger partial charge in [0.1, 0.15) is 5.60 Å². The number of carbonyl (C=O) groups is 2. The van der Waals surface area contributed by atoms with Gasteiger partial charge < -0.3 is 14.4 Å². The van der Waals surface area contributed by atoms with Gasteiger partial charge in [-0.2, -0.15) is 0 Å². The average molecular weight is 253 g/mol. The summed E-state index contributed by atoms with van der Waals surface area (Å²) in [6, 6.07) is 0.0134. The molecule has 0 aromatic heterocycles. The molecular weight excluding hydrogens is 234 g/mol. The number of carbonyl (C=O) groups excluding carboxylic acids is 2. The lowest BCUT2D eigenvalue weighted by Gasteiger charge is -2.33. The van der Waals surface area contributed by atoms with Gasteiger partial charge in [0.15, 0.2) is 0 Å². The Balaban J connectivity index is 2.09. The Hall–Kier alpha value is -1.52. The first-order valence-electron chi connectivity index (χ1n) is 6.30. The molecule has 5 nitrogen and oxygen atoms in total. The largest absolute Gasteiger partial charge is 0.463 e. The molecule has 0 aromatic carbocycles. The van der Waals surface area contributed by atoms with Crippen molar-refractivity contribution in [1.82, 2.24) is 4.90 Å². The third kappa shape index (κ3) is 2.35. The van der Waals surface area contributed by atoms with E-state index in [9.17, 15) is 9.59 Å². The summed E-state index contributed by atoms with van der Waals surface area (Å²) >= 11 is 0. The molecule has 2 heterocycles. The number of ether oxygens (including phenoxy) is 2. The molecule has 0 spiro atoms. The van der Waals surface area contributed by atoms with E-state index in [0.717, 1.165) is 5.57 Å². The zero-order valence-corrected chi connectivity index (χ0v) is 11.1. The molecule has 5 heteroatoms. The predicted octanol–water partition coefficient (Wildman–Crippen LogP) is 1.87. The van der Waals surface area contributed by atoms with Crippen molar-refractivity contribution in [3.05, 3.63) is 11.6 Å². The lowest BCUT2D eigenvalue weighted by molar-refractivity contribution is -0.137. The van der Waals surface area contributed by atoms with Gasteiger partial charge in [-0.3, -0.25) is 0 Å². The van der Waals surface area contributed by atoms with E-state index in [1.807, 2.05) is 13.8 Å². The summed E-state index contributed by atoms with van der Waals surface area (Å²) in [7, 11) is 0. The fraction of sp³-hybridized carbons (Fsp3) is 0.692. The molecule has 0 saturated carbocycles. The van der Waals surface area contributed by atoms with E-state index >= 15 is 0 Å². The molecule has 2 aliphatic heterocycles. The number of cyclic esters (lactones) is 1. The van der Waals surface area contributed by atoms with E-state index in [-0.39, 0.29) is 18.1 Å². The highest BCUT2D eigenvalue weighted by Gasteiger charge is 2.49. The van der Waals surface area contributed by atoms with E-state index < -0.39 is 5.60 Å². The third-order valence-electron chi connectivity index (χ3n) is 3.50. The highest BCUT2D eigenvalue weighted by atomic mass is 16.6. The molecule has 0 radical (unpaired) electrons. The van der Waals surface area contributed by atoms with Crippen LogP contribution in [0.4, 0.5) is 4.79 Å².